The van der Waals surface area contributed by atoms with Crippen molar-refractivity contribution < 1.29 is 0 Å². The van der Waals surface area contributed by atoms with Gasteiger partial charge in [0.15, 0.2) is 0 Å². The maximum atomic E-state index is 2.45. The molecular weight excluding hydrogens is 136 g/mol. The molecule has 0 fully saturated rings. The summed E-state index contributed by atoms with van der Waals surface area (Å²) in [6, 6.07) is 0.662. The van der Waals surface area contributed by atoms with E-state index in [2.05, 4.69) is 44.7 Å². The third kappa shape index (κ3) is 4.38. The second-order valence-corrected chi connectivity index (χ2v) is 3.30. The fraction of sp³-hybridized carbons (Fsp3) is 1.00. The zero-order chi connectivity index (χ0) is 8.85. The molecule has 0 saturated heterocycles. The molecule has 1 unspecified atom stereocenters. The van der Waals surface area contributed by atoms with E-state index in [0.29, 0.717) is 6.04 Å². The molecule has 0 heterocycles. The van der Waals surface area contributed by atoms with E-state index in [-0.39, 0.29) is 0 Å². The van der Waals surface area contributed by atoms with Crippen LogP contribution in [-0.4, -0.2) is 49.6 Å². The Bertz CT molecular complexity index is 87.6. The highest BCUT2D eigenvalue weighted by Gasteiger charge is 2.07. The predicted molar refractivity (Wildman–Crippen MR) is 50.9 cm³/mol. The first kappa shape index (κ1) is 10.9. The van der Waals surface area contributed by atoms with Crippen LogP contribution >= 0.6 is 0 Å². The van der Waals surface area contributed by atoms with E-state index in [0.717, 1.165) is 13.1 Å². The van der Waals surface area contributed by atoms with Crippen LogP contribution in [0.3, 0.4) is 0 Å². The van der Waals surface area contributed by atoms with Gasteiger partial charge in [-0.1, -0.05) is 13.8 Å². The quantitative estimate of drug-likeness (QED) is 0.594. The average Bonchev–Trinajstić information content (AvgIpc) is 1.99. The van der Waals surface area contributed by atoms with Crippen LogP contribution in [0.15, 0.2) is 0 Å². The summed E-state index contributed by atoms with van der Waals surface area (Å²) < 4.78 is 0. The van der Waals surface area contributed by atoms with Gasteiger partial charge in [-0.05, 0) is 34.1 Å². The third-order valence-corrected chi connectivity index (χ3v) is 2.30. The highest BCUT2D eigenvalue weighted by Crippen LogP contribution is 1.96. The number of likely N-dealkylation sites (N-methyl/N-ethyl adjacent to an activating group) is 2. The summed E-state index contributed by atoms with van der Waals surface area (Å²) in [5.41, 5.74) is 0. The number of hydrogen-bond donors (Lipinski definition) is 0. The Hall–Kier alpha value is -0.0800. The smallest absolute Gasteiger partial charge is 0.0188 e. The van der Waals surface area contributed by atoms with Crippen LogP contribution in [0.2, 0.25) is 0 Å². The lowest BCUT2D eigenvalue weighted by atomic mass is 10.3. The van der Waals surface area contributed by atoms with E-state index in [1.54, 1.807) is 0 Å². The van der Waals surface area contributed by atoms with Crippen LogP contribution in [0.1, 0.15) is 20.8 Å². The Kier molecular flexibility index (Phi) is 5.51. The molecule has 0 aliphatic rings. The molecule has 0 bridgehead atoms. The van der Waals surface area contributed by atoms with E-state index in [1.165, 1.54) is 6.54 Å². The molecule has 0 radical (unpaired) electrons. The lowest BCUT2D eigenvalue weighted by Gasteiger charge is -2.26. The molecule has 0 aliphatic heterocycles. The van der Waals surface area contributed by atoms with Gasteiger partial charge < -0.3 is 9.80 Å². The summed E-state index contributed by atoms with van der Waals surface area (Å²) in [6.45, 7) is 10.2. The molecule has 0 aromatic carbocycles. The van der Waals surface area contributed by atoms with Gasteiger partial charge in [-0.25, -0.2) is 0 Å². The molecule has 0 spiro atoms. The zero-order valence-electron chi connectivity index (χ0n) is 8.59. The van der Waals surface area contributed by atoms with Crippen molar-refractivity contribution in [2.24, 2.45) is 0 Å². The van der Waals surface area contributed by atoms with Crippen molar-refractivity contribution in [1.82, 2.24) is 9.80 Å². The van der Waals surface area contributed by atoms with Gasteiger partial charge in [0.25, 0.3) is 0 Å². The summed E-state index contributed by atoms with van der Waals surface area (Å²) >= 11 is 0. The van der Waals surface area contributed by atoms with Crippen molar-refractivity contribution in [2.45, 2.75) is 26.8 Å². The fourth-order valence-corrected chi connectivity index (χ4v) is 1.02. The Labute approximate surface area is 71.2 Å². The fourth-order valence-electron chi connectivity index (χ4n) is 1.02. The van der Waals surface area contributed by atoms with Crippen LogP contribution < -0.4 is 0 Å². The molecule has 0 aliphatic carbocycles. The first-order valence-corrected chi connectivity index (χ1v) is 4.50. The maximum absolute atomic E-state index is 2.45. The first-order valence-electron chi connectivity index (χ1n) is 4.50. The molecule has 0 rings (SSSR count). The van der Waals surface area contributed by atoms with Gasteiger partial charge in [-0.15, -0.1) is 0 Å². The molecular formula is C9H22N2. The van der Waals surface area contributed by atoms with Crippen LogP contribution in [0, 0.1) is 0 Å². The molecule has 68 valence electrons. The molecule has 0 saturated carbocycles. The van der Waals surface area contributed by atoms with Crippen LogP contribution in [0.4, 0.5) is 0 Å². The molecule has 0 amide bonds. The minimum absolute atomic E-state index is 0.662. The molecule has 2 nitrogen and oxygen atoms in total. The second kappa shape index (κ2) is 5.56. The summed E-state index contributed by atoms with van der Waals surface area (Å²) in [7, 11) is 4.27. The molecule has 0 N–H and O–H groups in total. The highest BCUT2D eigenvalue weighted by molar-refractivity contribution is 4.64. The summed E-state index contributed by atoms with van der Waals surface area (Å²) in [4.78, 5) is 4.71. The lowest BCUT2D eigenvalue weighted by Crippen LogP contribution is -2.38. The van der Waals surface area contributed by atoms with Gasteiger partial charge in [0.1, 0.15) is 0 Å². The Morgan fingerprint density at radius 1 is 1.09 bits per heavy atom. The maximum Gasteiger partial charge on any atom is 0.0188 e. The molecule has 0 aromatic heterocycles. The van der Waals surface area contributed by atoms with Gasteiger partial charge >= 0.3 is 0 Å². The van der Waals surface area contributed by atoms with Crippen molar-refractivity contribution in [2.75, 3.05) is 33.7 Å². The lowest BCUT2D eigenvalue weighted by molar-refractivity contribution is 0.206. The Morgan fingerprint density at radius 2 is 1.55 bits per heavy atom. The van der Waals surface area contributed by atoms with E-state index in [1.807, 2.05) is 0 Å². The van der Waals surface area contributed by atoms with E-state index in [9.17, 15) is 0 Å². The van der Waals surface area contributed by atoms with Crippen molar-refractivity contribution in [1.29, 1.82) is 0 Å². The number of hydrogen-bond acceptors (Lipinski definition) is 2. The van der Waals surface area contributed by atoms with Crippen LogP contribution in [0.5, 0.6) is 0 Å². The van der Waals surface area contributed by atoms with Gasteiger partial charge in [0.2, 0.25) is 0 Å². The van der Waals surface area contributed by atoms with Crippen molar-refractivity contribution >= 4 is 0 Å². The molecule has 11 heavy (non-hydrogen) atoms. The predicted octanol–water partition coefficient (Wildman–Crippen LogP) is 1.28. The van der Waals surface area contributed by atoms with Crippen LogP contribution in [0.25, 0.3) is 0 Å². The minimum atomic E-state index is 0.662. The molecule has 1 atom stereocenters. The van der Waals surface area contributed by atoms with Gasteiger partial charge in [-0.3, -0.25) is 0 Å². The number of rotatable bonds is 5. The van der Waals surface area contributed by atoms with Crippen molar-refractivity contribution in [3.63, 3.8) is 0 Å². The average molecular weight is 158 g/mol. The van der Waals surface area contributed by atoms with E-state index < -0.39 is 0 Å². The van der Waals surface area contributed by atoms with Crippen molar-refractivity contribution in [3.05, 3.63) is 0 Å². The summed E-state index contributed by atoms with van der Waals surface area (Å²) in [5, 5.41) is 0. The summed E-state index contributed by atoms with van der Waals surface area (Å²) in [5.74, 6) is 0. The zero-order valence-corrected chi connectivity index (χ0v) is 8.59. The molecule has 0 aromatic rings. The van der Waals surface area contributed by atoms with Gasteiger partial charge in [0.05, 0.1) is 0 Å². The van der Waals surface area contributed by atoms with E-state index >= 15 is 0 Å². The Morgan fingerprint density at radius 3 is 1.82 bits per heavy atom. The largest absolute Gasteiger partial charge is 0.305 e. The first-order chi connectivity index (χ1) is 5.11. The second-order valence-electron chi connectivity index (χ2n) is 3.30. The minimum Gasteiger partial charge on any atom is -0.305 e. The SMILES string of the molecule is CCN(CC)CC(C)N(C)C. The normalized spacial score (nSPS) is 14.5. The topological polar surface area (TPSA) is 6.48 Å². The third-order valence-electron chi connectivity index (χ3n) is 2.30. The van der Waals surface area contributed by atoms with E-state index in [4.69, 9.17) is 0 Å². The van der Waals surface area contributed by atoms with Gasteiger partial charge in [-0.2, -0.15) is 0 Å². The number of nitrogens with zero attached hydrogens (tertiary/aromatic N) is 2. The van der Waals surface area contributed by atoms with Crippen LogP contribution in [-0.2, 0) is 0 Å². The standard InChI is InChI=1S/C9H22N2/c1-6-11(7-2)8-9(3)10(4)5/h9H,6-8H2,1-5H3. The Balaban J connectivity index is 3.62. The van der Waals surface area contributed by atoms with Crippen molar-refractivity contribution in [3.8, 4) is 0 Å². The van der Waals surface area contributed by atoms with Gasteiger partial charge in [0, 0.05) is 12.6 Å². The summed E-state index contributed by atoms with van der Waals surface area (Å²) in [6.07, 6.45) is 0. The highest BCUT2D eigenvalue weighted by atomic mass is 15.2. The molecule has 2 heteroatoms. The monoisotopic (exact) mass is 158 g/mol.